The molecular formula is C14H15N3O. The van der Waals surface area contributed by atoms with Crippen LogP contribution < -0.4 is 4.90 Å². The lowest BCUT2D eigenvalue weighted by atomic mass is 10.2. The third-order valence-corrected chi connectivity index (χ3v) is 2.63. The third-order valence-electron chi connectivity index (χ3n) is 2.63. The van der Waals surface area contributed by atoms with E-state index in [9.17, 15) is 4.79 Å². The van der Waals surface area contributed by atoms with E-state index in [1.54, 1.807) is 24.9 Å². The van der Waals surface area contributed by atoms with Crippen molar-refractivity contribution in [2.24, 2.45) is 0 Å². The van der Waals surface area contributed by atoms with Crippen molar-refractivity contribution in [2.75, 3.05) is 11.9 Å². The van der Waals surface area contributed by atoms with Gasteiger partial charge in [-0.3, -0.25) is 4.79 Å². The van der Waals surface area contributed by atoms with E-state index in [-0.39, 0.29) is 5.91 Å². The third kappa shape index (κ3) is 2.53. The standard InChI is InChI=1S/C14H15N3O/c1-10-9-13(16-11(2)15-10)14(18)17(3)12-7-5-4-6-8-12/h4-9H,1-3H3. The lowest BCUT2D eigenvalue weighted by Crippen LogP contribution is -2.27. The Labute approximate surface area is 106 Å². The van der Waals surface area contributed by atoms with Crippen molar-refractivity contribution in [3.63, 3.8) is 0 Å². The number of rotatable bonds is 2. The predicted octanol–water partition coefficient (Wildman–Crippen LogP) is 2.37. The minimum Gasteiger partial charge on any atom is -0.310 e. The summed E-state index contributed by atoms with van der Waals surface area (Å²) < 4.78 is 0. The average molecular weight is 241 g/mol. The summed E-state index contributed by atoms with van der Waals surface area (Å²) in [6.45, 7) is 3.64. The van der Waals surface area contributed by atoms with Crippen molar-refractivity contribution in [3.8, 4) is 0 Å². The Balaban J connectivity index is 2.31. The van der Waals surface area contributed by atoms with Crippen LogP contribution in [0.5, 0.6) is 0 Å². The fourth-order valence-electron chi connectivity index (χ4n) is 1.77. The Morgan fingerprint density at radius 2 is 1.78 bits per heavy atom. The zero-order valence-electron chi connectivity index (χ0n) is 10.7. The number of nitrogens with zero attached hydrogens (tertiary/aromatic N) is 3. The van der Waals surface area contributed by atoms with Crippen molar-refractivity contribution in [3.05, 3.63) is 53.6 Å². The Kier molecular flexibility index (Phi) is 3.37. The molecule has 4 heteroatoms. The summed E-state index contributed by atoms with van der Waals surface area (Å²) in [6.07, 6.45) is 0. The largest absolute Gasteiger partial charge is 0.310 e. The number of aromatic nitrogens is 2. The van der Waals surface area contributed by atoms with Crippen LogP contribution >= 0.6 is 0 Å². The molecule has 0 aliphatic rings. The molecule has 0 N–H and O–H groups in total. The molecule has 1 aromatic carbocycles. The molecule has 4 nitrogen and oxygen atoms in total. The van der Waals surface area contributed by atoms with E-state index in [4.69, 9.17) is 0 Å². The molecule has 0 fully saturated rings. The van der Waals surface area contributed by atoms with Gasteiger partial charge in [0.05, 0.1) is 0 Å². The van der Waals surface area contributed by atoms with Crippen molar-refractivity contribution in [1.29, 1.82) is 0 Å². The Bertz CT molecular complexity index is 546. The van der Waals surface area contributed by atoms with Gasteiger partial charge in [-0.25, -0.2) is 9.97 Å². The summed E-state index contributed by atoms with van der Waals surface area (Å²) >= 11 is 0. The molecule has 0 unspecified atom stereocenters. The summed E-state index contributed by atoms with van der Waals surface area (Å²) in [5, 5.41) is 0. The van der Waals surface area contributed by atoms with E-state index in [0.717, 1.165) is 11.4 Å². The van der Waals surface area contributed by atoms with Crippen molar-refractivity contribution in [2.45, 2.75) is 13.8 Å². The number of benzene rings is 1. The van der Waals surface area contributed by atoms with Gasteiger partial charge in [0.15, 0.2) is 0 Å². The Morgan fingerprint density at radius 3 is 2.39 bits per heavy atom. The molecule has 0 atom stereocenters. The van der Waals surface area contributed by atoms with E-state index in [1.807, 2.05) is 37.3 Å². The number of carbonyl (C=O) groups excluding carboxylic acids is 1. The number of hydrogen-bond acceptors (Lipinski definition) is 3. The van der Waals surface area contributed by atoms with E-state index < -0.39 is 0 Å². The number of carbonyl (C=O) groups is 1. The summed E-state index contributed by atoms with van der Waals surface area (Å²) in [4.78, 5) is 22.2. The van der Waals surface area contributed by atoms with Crippen LogP contribution in [0.4, 0.5) is 5.69 Å². The zero-order chi connectivity index (χ0) is 13.1. The minimum absolute atomic E-state index is 0.130. The molecule has 2 rings (SSSR count). The molecule has 1 heterocycles. The van der Waals surface area contributed by atoms with Crippen molar-refractivity contribution in [1.82, 2.24) is 9.97 Å². The second-order valence-corrected chi connectivity index (χ2v) is 4.14. The average Bonchev–Trinajstić information content (AvgIpc) is 2.37. The molecule has 0 aliphatic heterocycles. The van der Waals surface area contributed by atoms with Crippen LogP contribution in [-0.4, -0.2) is 22.9 Å². The Morgan fingerprint density at radius 1 is 1.11 bits per heavy atom. The highest BCUT2D eigenvalue weighted by molar-refractivity contribution is 6.04. The van der Waals surface area contributed by atoms with Gasteiger partial charge in [0.2, 0.25) is 0 Å². The van der Waals surface area contributed by atoms with Gasteiger partial charge in [0.1, 0.15) is 11.5 Å². The van der Waals surface area contributed by atoms with Crippen LogP contribution in [0.3, 0.4) is 0 Å². The smallest absolute Gasteiger partial charge is 0.276 e. The van der Waals surface area contributed by atoms with E-state index in [1.165, 1.54) is 0 Å². The minimum atomic E-state index is -0.130. The molecule has 2 aromatic rings. The van der Waals surface area contributed by atoms with Gasteiger partial charge in [0.25, 0.3) is 5.91 Å². The fraction of sp³-hybridized carbons (Fsp3) is 0.214. The van der Waals surface area contributed by atoms with Gasteiger partial charge in [-0.15, -0.1) is 0 Å². The lowest BCUT2D eigenvalue weighted by Gasteiger charge is -2.17. The van der Waals surface area contributed by atoms with Crippen LogP contribution in [0.15, 0.2) is 36.4 Å². The van der Waals surface area contributed by atoms with Crippen LogP contribution in [-0.2, 0) is 0 Å². The molecular weight excluding hydrogens is 226 g/mol. The number of para-hydroxylation sites is 1. The molecule has 18 heavy (non-hydrogen) atoms. The maximum atomic E-state index is 12.3. The van der Waals surface area contributed by atoms with Gasteiger partial charge in [0, 0.05) is 18.4 Å². The molecule has 0 aliphatic carbocycles. The van der Waals surface area contributed by atoms with Crippen LogP contribution in [0.1, 0.15) is 22.0 Å². The SMILES string of the molecule is Cc1cc(C(=O)N(C)c2ccccc2)nc(C)n1. The maximum Gasteiger partial charge on any atom is 0.276 e. The molecule has 0 saturated heterocycles. The fourth-order valence-corrected chi connectivity index (χ4v) is 1.77. The highest BCUT2D eigenvalue weighted by Gasteiger charge is 2.15. The van der Waals surface area contributed by atoms with Crippen LogP contribution in [0.25, 0.3) is 0 Å². The lowest BCUT2D eigenvalue weighted by molar-refractivity contribution is 0.0987. The van der Waals surface area contributed by atoms with Crippen molar-refractivity contribution >= 4 is 11.6 Å². The number of amides is 1. The molecule has 0 saturated carbocycles. The first-order valence-corrected chi connectivity index (χ1v) is 5.73. The quantitative estimate of drug-likeness (QED) is 0.811. The molecule has 0 bridgehead atoms. The van der Waals surface area contributed by atoms with Gasteiger partial charge in [-0.05, 0) is 32.0 Å². The molecule has 1 amide bonds. The van der Waals surface area contributed by atoms with Gasteiger partial charge >= 0.3 is 0 Å². The summed E-state index contributed by atoms with van der Waals surface area (Å²) in [6, 6.07) is 11.2. The first-order chi connectivity index (χ1) is 8.58. The van der Waals surface area contributed by atoms with Gasteiger partial charge in [-0.1, -0.05) is 18.2 Å². The predicted molar refractivity (Wildman–Crippen MR) is 70.7 cm³/mol. The van der Waals surface area contributed by atoms with Crippen LogP contribution in [0.2, 0.25) is 0 Å². The highest BCUT2D eigenvalue weighted by Crippen LogP contribution is 2.14. The van der Waals surface area contributed by atoms with E-state index >= 15 is 0 Å². The zero-order valence-corrected chi connectivity index (χ0v) is 10.7. The highest BCUT2D eigenvalue weighted by atomic mass is 16.2. The van der Waals surface area contributed by atoms with Gasteiger partial charge in [-0.2, -0.15) is 0 Å². The Hall–Kier alpha value is -2.23. The maximum absolute atomic E-state index is 12.3. The molecule has 0 radical (unpaired) electrons. The van der Waals surface area contributed by atoms with Crippen molar-refractivity contribution < 1.29 is 4.79 Å². The molecule has 92 valence electrons. The first kappa shape index (κ1) is 12.2. The normalized spacial score (nSPS) is 10.2. The van der Waals surface area contributed by atoms with E-state index in [2.05, 4.69) is 9.97 Å². The second-order valence-electron chi connectivity index (χ2n) is 4.14. The van der Waals surface area contributed by atoms with E-state index in [0.29, 0.717) is 11.5 Å². The van der Waals surface area contributed by atoms with Gasteiger partial charge < -0.3 is 4.90 Å². The monoisotopic (exact) mass is 241 g/mol. The second kappa shape index (κ2) is 4.96. The number of aryl methyl sites for hydroxylation is 2. The summed E-state index contributed by atoms with van der Waals surface area (Å²) in [5.74, 6) is 0.481. The number of anilines is 1. The molecule has 1 aromatic heterocycles. The summed E-state index contributed by atoms with van der Waals surface area (Å²) in [7, 11) is 1.74. The topological polar surface area (TPSA) is 46.1 Å². The van der Waals surface area contributed by atoms with Crippen LogP contribution in [0, 0.1) is 13.8 Å². The molecule has 0 spiro atoms. The summed E-state index contributed by atoms with van der Waals surface area (Å²) in [5.41, 5.74) is 2.06. The number of hydrogen-bond donors (Lipinski definition) is 0. The first-order valence-electron chi connectivity index (χ1n) is 5.73.